The summed E-state index contributed by atoms with van der Waals surface area (Å²) in [4.78, 5) is 58.1. The zero-order valence-corrected chi connectivity index (χ0v) is 20.6. The van der Waals surface area contributed by atoms with Crippen LogP contribution < -0.4 is 16.6 Å². The number of carbonyl (C=O) groups excluding carboxylic acids is 3. The summed E-state index contributed by atoms with van der Waals surface area (Å²) in [5, 5.41) is 2.51. The molecule has 0 aliphatic carbocycles. The van der Waals surface area contributed by atoms with E-state index in [0.717, 1.165) is 0 Å². The van der Waals surface area contributed by atoms with Gasteiger partial charge in [-0.1, -0.05) is 28.1 Å². The van der Waals surface area contributed by atoms with E-state index in [1.165, 1.54) is 15.8 Å². The van der Waals surface area contributed by atoms with E-state index in [-0.39, 0.29) is 82.6 Å². The van der Waals surface area contributed by atoms with Crippen LogP contribution in [-0.2, 0) is 53.6 Å². The van der Waals surface area contributed by atoms with Gasteiger partial charge in [0.15, 0.2) is 11.2 Å². The Morgan fingerprint density at radius 1 is 1.47 bits per heavy atom. The Kier molecular flexibility index (Phi) is 12.0. The van der Waals surface area contributed by atoms with Crippen LogP contribution in [0, 0.1) is 0 Å². The van der Waals surface area contributed by atoms with E-state index in [2.05, 4.69) is 20.3 Å². The maximum atomic E-state index is 12.5. The summed E-state index contributed by atoms with van der Waals surface area (Å²) >= 11 is 0. The van der Waals surface area contributed by atoms with Crippen LogP contribution in [0.15, 0.2) is 11.1 Å². The Balaban J connectivity index is 0.00000450. The predicted molar refractivity (Wildman–Crippen MR) is 110 cm³/mol. The second-order valence-corrected chi connectivity index (χ2v) is 8.19. The summed E-state index contributed by atoms with van der Waals surface area (Å²) in [6.45, 7) is -0.0544. The molecule has 0 aromatic carbocycles. The number of hydrogen-bond donors (Lipinski definition) is 3. The molecule has 2 heterocycles. The third kappa shape index (κ3) is 7.89. The number of H-pyrrole nitrogens is 1. The Hall–Kier alpha value is -1.64. The molecule has 1 radical (unpaired) electrons. The molecule has 0 unspecified atom stereocenters. The van der Waals surface area contributed by atoms with Crippen molar-refractivity contribution >= 4 is 57.0 Å². The Morgan fingerprint density at radius 2 is 2.23 bits per heavy atom. The molecule has 0 spiro atoms. The number of nitrogens with two attached hydrogens (primary N) is 1. The number of hydrogen-bond acceptors (Lipinski definition) is 10. The molecule has 2 aromatic rings. The van der Waals surface area contributed by atoms with Gasteiger partial charge in [0.1, 0.15) is 13.2 Å². The summed E-state index contributed by atoms with van der Waals surface area (Å²) in [6.07, 6.45) is 4.27. The van der Waals surface area contributed by atoms with E-state index in [1.807, 2.05) is 6.26 Å². The molecule has 0 aliphatic heterocycles. The summed E-state index contributed by atoms with van der Waals surface area (Å²) in [6, 6.07) is 0. The fourth-order valence-corrected chi connectivity index (χ4v) is 3.32. The smallest absolute Gasteiger partial charge is 0.407 e. The maximum Gasteiger partial charge on any atom is 0.407 e. The maximum absolute atomic E-state index is 12.5. The first-order valence-electron chi connectivity index (χ1n) is 8.36. The average molecular weight is 531 g/mol. The number of aromatic amines is 1. The first kappa shape index (κ1) is 26.4. The van der Waals surface area contributed by atoms with E-state index in [9.17, 15) is 19.2 Å². The van der Waals surface area contributed by atoms with Crippen molar-refractivity contribution in [3.63, 3.8) is 0 Å². The molecule has 15 heteroatoms. The zero-order chi connectivity index (χ0) is 21.2. The summed E-state index contributed by atoms with van der Waals surface area (Å²) in [5.74, 6) is 0.118. The molecule has 0 atom stereocenters. The fourth-order valence-electron chi connectivity index (χ4n) is 2.30. The number of aromatic nitrogens is 4. The van der Waals surface area contributed by atoms with Crippen LogP contribution in [0.25, 0.3) is 11.2 Å². The zero-order valence-electron chi connectivity index (χ0n) is 16.1. The third-order valence-electron chi connectivity index (χ3n) is 3.58. The van der Waals surface area contributed by atoms with Gasteiger partial charge in [-0.2, -0.15) is 4.98 Å². The summed E-state index contributed by atoms with van der Waals surface area (Å²) < 4.78 is 6.33. The van der Waals surface area contributed by atoms with Crippen LogP contribution in [-0.4, -0.2) is 81.0 Å². The SMILES string of the molecule is CSSCCOC(=O)NCCN(C[C-]=O)C(=O)Cn1cnc2c(=O)[nH]c(N)nc21.[Y]. The van der Waals surface area contributed by atoms with Crippen molar-refractivity contribution in [3.05, 3.63) is 16.7 Å². The van der Waals surface area contributed by atoms with Crippen LogP contribution in [0.2, 0.25) is 0 Å². The van der Waals surface area contributed by atoms with Crippen LogP contribution in [0.3, 0.4) is 0 Å². The van der Waals surface area contributed by atoms with Crippen molar-refractivity contribution in [3.8, 4) is 0 Å². The van der Waals surface area contributed by atoms with Gasteiger partial charge < -0.3 is 30.0 Å². The number of amides is 2. The first-order valence-corrected chi connectivity index (χ1v) is 11.1. The quantitative estimate of drug-likeness (QED) is 0.193. The number of nitrogens with one attached hydrogen (secondary N) is 2. The standard InChI is InChI=1S/C15H20N7O5S2.Y/c1-28-29-7-6-27-15(26)17-2-3-21(4-5-23)10(24)8-22-9-18-11-12(22)19-14(16)20-13(11)25;/h9H,2-4,6-8H2,1H3,(H,17,26)(H3,16,19,20,25);/q-1;. The van der Waals surface area contributed by atoms with Crippen molar-refractivity contribution in [2.24, 2.45) is 0 Å². The van der Waals surface area contributed by atoms with E-state index < -0.39 is 17.6 Å². The number of alkyl carbamates (subject to hydrolysis) is 1. The average Bonchev–Trinajstić information content (AvgIpc) is 3.07. The van der Waals surface area contributed by atoms with Gasteiger partial charge in [-0.25, -0.2) is 16.1 Å². The molecule has 4 N–H and O–H groups in total. The normalized spacial score (nSPS) is 10.3. The number of anilines is 1. The van der Waals surface area contributed by atoms with Crippen LogP contribution in [0.5, 0.6) is 0 Å². The van der Waals surface area contributed by atoms with E-state index in [4.69, 9.17) is 10.5 Å². The number of fused-ring (bicyclic) bond motifs is 1. The molecule has 161 valence electrons. The second-order valence-electron chi connectivity index (χ2n) is 5.51. The summed E-state index contributed by atoms with van der Waals surface area (Å²) in [7, 11) is 3.14. The third-order valence-corrected chi connectivity index (χ3v) is 5.35. The van der Waals surface area contributed by atoms with Crippen LogP contribution in [0.4, 0.5) is 10.7 Å². The van der Waals surface area contributed by atoms with Crippen molar-refractivity contribution in [1.82, 2.24) is 29.7 Å². The van der Waals surface area contributed by atoms with Gasteiger partial charge in [-0.15, -0.1) is 0 Å². The molecular weight excluding hydrogens is 511 g/mol. The van der Waals surface area contributed by atoms with Crippen molar-refractivity contribution in [1.29, 1.82) is 0 Å². The number of ether oxygens (including phenoxy) is 1. The molecule has 0 saturated heterocycles. The molecule has 2 rings (SSSR count). The first-order chi connectivity index (χ1) is 14.0. The number of nitrogens with zero attached hydrogens (tertiary/aromatic N) is 4. The Morgan fingerprint density at radius 3 is 2.93 bits per heavy atom. The van der Waals surface area contributed by atoms with Gasteiger partial charge in [0.25, 0.3) is 5.56 Å². The summed E-state index contributed by atoms with van der Waals surface area (Å²) in [5.41, 5.74) is 5.21. The van der Waals surface area contributed by atoms with Gasteiger partial charge in [-0.05, 0) is 6.26 Å². The molecule has 2 amide bonds. The minimum Gasteiger partial charge on any atom is -0.540 e. The predicted octanol–water partition coefficient (Wildman–Crippen LogP) is -0.625. The minimum atomic E-state index is -0.603. The molecule has 30 heavy (non-hydrogen) atoms. The van der Waals surface area contributed by atoms with Crippen molar-refractivity contribution in [2.75, 3.05) is 44.0 Å². The van der Waals surface area contributed by atoms with Gasteiger partial charge in [0, 0.05) is 51.6 Å². The number of imidazole rings is 1. The van der Waals surface area contributed by atoms with Gasteiger partial charge in [-0.3, -0.25) is 14.6 Å². The van der Waals surface area contributed by atoms with E-state index >= 15 is 0 Å². The molecular formula is C15H20N7O5S2Y-. The largest absolute Gasteiger partial charge is 0.540 e. The Labute approximate surface area is 204 Å². The molecule has 0 bridgehead atoms. The van der Waals surface area contributed by atoms with E-state index in [1.54, 1.807) is 27.9 Å². The minimum absolute atomic E-state index is 0. The van der Waals surface area contributed by atoms with Gasteiger partial charge in [0.2, 0.25) is 11.9 Å². The molecule has 0 aliphatic rings. The molecule has 0 fully saturated rings. The molecule has 2 aromatic heterocycles. The monoisotopic (exact) mass is 531 g/mol. The van der Waals surface area contributed by atoms with Crippen LogP contribution >= 0.6 is 21.6 Å². The van der Waals surface area contributed by atoms with Crippen LogP contribution in [0.1, 0.15) is 0 Å². The van der Waals surface area contributed by atoms with Crippen molar-refractivity contribution in [2.45, 2.75) is 6.54 Å². The van der Waals surface area contributed by atoms with E-state index in [0.29, 0.717) is 5.75 Å². The fraction of sp³-hybridized carbons (Fsp3) is 0.467. The molecule has 0 saturated carbocycles. The van der Waals surface area contributed by atoms with Crippen molar-refractivity contribution < 1.29 is 51.8 Å². The topological polar surface area (TPSA) is 165 Å². The van der Waals surface area contributed by atoms with Gasteiger partial charge in [0.05, 0.1) is 6.33 Å². The number of nitrogen functional groups attached to an aromatic ring is 1. The number of rotatable bonds is 11. The molecule has 12 nitrogen and oxygen atoms in total. The number of carbonyl (C=O) groups is 2. The Bertz CT molecular complexity index is 922. The van der Waals surface area contributed by atoms with Gasteiger partial charge >= 0.3 is 6.09 Å². The second kappa shape index (κ2) is 13.6.